The molecule has 132 valence electrons. The second-order valence-electron chi connectivity index (χ2n) is 6.42. The standard InChI is InChI=1S/C19H19N5O2/c1-13-18-20-17(14-6-4-3-5-7-14)21-24(18)11-10-23(13)19(26)15-8-9-22(2)16(25)12-15/h3-9,12-13H,10-11H2,1-2H3/t13-/m0/s1. The molecule has 0 radical (unpaired) electrons. The van der Waals surface area contributed by atoms with Gasteiger partial charge >= 0.3 is 0 Å². The minimum Gasteiger partial charge on any atom is -0.327 e. The van der Waals surface area contributed by atoms with E-state index in [0.29, 0.717) is 24.5 Å². The Morgan fingerprint density at radius 1 is 1.15 bits per heavy atom. The van der Waals surface area contributed by atoms with Crippen molar-refractivity contribution >= 4 is 5.91 Å². The van der Waals surface area contributed by atoms with Crippen LogP contribution in [0.1, 0.15) is 29.1 Å². The summed E-state index contributed by atoms with van der Waals surface area (Å²) in [6.07, 6.45) is 1.61. The van der Waals surface area contributed by atoms with Crippen molar-refractivity contribution in [3.05, 3.63) is 70.4 Å². The molecule has 7 heteroatoms. The molecule has 0 spiro atoms. The zero-order chi connectivity index (χ0) is 18.3. The van der Waals surface area contributed by atoms with Gasteiger partial charge in [-0.1, -0.05) is 30.3 Å². The maximum atomic E-state index is 12.9. The fraction of sp³-hybridized carbons (Fsp3) is 0.263. The Hall–Kier alpha value is -3.22. The molecule has 3 heterocycles. The van der Waals surface area contributed by atoms with Gasteiger partial charge in [-0.05, 0) is 13.0 Å². The number of nitrogens with zero attached hydrogens (tertiary/aromatic N) is 5. The van der Waals surface area contributed by atoms with Gasteiger partial charge in [0.25, 0.3) is 11.5 Å². The van der Waals surface area contributed by atoms with Crippen LogP contribution < -0.4 is 5.56 Å². The van der Waals surface area contributed by atoms with Gasteiger partial charge in [0.1, 0.15) is 5.82 Å². The Bertz CT molecular complexity index is 1020. The van der Waals surface area contributed by atoms with E-state index in [1.807, 2.05) is 41.9 Å². The number of carbonyl (C=O) groups excluding carboxylic acids is 1. The summed E-state index contributed by atoms with van der Waals surface area (Å²) in [7, 11) is 1.66. The molecule has 3 aromatic rings. The van der Waals surface area contributed by atoms with Crippen LogP contribution in [-0.4, -0.2) is 36.7 Å². The highest BCUT2D eigenvalue weighted by molar-refractivity contribution is 5.94. The third-order valence-electron chi connectivity index (χ3n) is 4.74. The van der Waals surface area contributed by atoms with Gasteiger partial charge in [-0.25, -0.2) is 9.67 Å². The van der Waals surface area contributed by atoms with Crippen LogP contribution in [0.25, 0.3) is 11.4 Å². The van der Waals surface area contributed by atoms with Crippen molar-refractivity contribution in [2.24, 2.45) is 7.05 Å². The molecule has 0 fully saturated rings. The number of hydrogen-bond acceptors (Lipinski definition) is 4. The van der Waals surface area contributed by atoms with Crippen LogP contribution in [0.5, 0.6) is 0 Å². The molecule has 0 unspecified atom stereocenters. The van der Waals surface area contributed by atoms with E-state index in [1.165, 1.54) is 10.6 Å². The van der Waals surface area contributed by atoms with E-state index in [-0.39, 0.29) is 17.5 Å². The molecule has 0 bridgehead atoms. The average molecular weight is 349 g/mol. The van der Waals surface area contributed by atoms with Crippen LogP contribution in [0.15, 0.2) is 53.5 Å². The van der Waals surface area contributed by atoms with E-state index in [2.05, 4.69) is 10.1 Å². The monoisotopic (exact) mass is 349 g/mol. The van der Waals surface area contributed by atoms with E-state index in [4.69, 9.17) is 0 Å². The molecule has 26 heavy (non-hydrogen) atoms. The molecular weight excluding hydrogens is 330 g/mol. The predicted octanol–water partition coefficient (Wildman–Crippen LogP) is 1.86. The smallest absolute Gasteiger partial charge is 0.254 e. The molecule has 1 aliphatic rings. The SMILES string of the molecule is C[C@H]1c2nc(-c3ccccc3)nn2CCN1C(=O)c1ccn(C)c(=O)c1. The lowest BCUT2D eigenvalue weighted by Crippen LogP contribution is -2.41. The first-order chi connectivity index (χ1) is 12.5. The summed E-state index contributed by atoms with van der Waals surface area (Å²) in [5, 5.41) is 4.58. The van der Waals surface area contributed by atoms with Crippen LogP contribution in [0.4, 0.5) is 0 Å². The summed E-state index contributed by atoms with van der Waals surface area (Å²) in [5.74, 6) is 1.26. The van der Waals surface area contributed by atoms with Crippen molar-refractivity contribution in [1.29, 1.82) is 0 Å². The minimum absolute atomic E-state index is 0.161. The first-order valence-corrected chi connectivity index (χ1v) is 8.52. The molecule has 0 aliphatic carbocycles. The molecule has 1 aliphatic heterocycles. The van der Waals surface area contributed by atoms with Crippen molar-refractivity contribution in [1.82, 2.24) is 24.2 Å². The number of aryl methyl sites for hydroxylation is 1. The molecule has 0 saturated carbocycles. The second-order valence-corrected chi connectivity index (χ2v) is 6.42. The Morgan fingerprint density at radius 3 is 2.65 bits per heavy atom. The number of hydrogen-bond donors (Lipinski definition) is 0. The molecule has 1 atom stereocenters. The molecule has 1 aromatic carbocycles. The van der Waals surface area contributed by atoms with Gasteiger partial charge in [0, 0.05) is 37.0 Å². The fourth-order valence-electron chi connectivity index (χ4n) is 3.20. The van der Waals surface area contributed by atoms with Crippen molar-refractivity contribution < 1.29 is 4.79 Å². The molecule has 1 amide bonds. The maximum absolute atomic E-state index is 12.9. The van der Waals surface area contributed by atoms with Crippen molar-refractivity contribution in [2.45, 2.75) is 19.5 Å². The first kappa shape index (κ1) is 16.3. The molecular formula is C19H19N5O2. The van der Waals surface area contributed by atoms with Gasteiger partial charge in [0.2, 0.25) is 0 Å². The topological polar surface area (TPSA) is 73.0 Å². The largest absolute Gasteiger partial charge is 0.327 e. The van der Waals surface area contributed by atoms with Crippen molar-refractivity contribution in [2.75, 3.05) is 6.54 Å². The van der Waals surface area contributed by atoms with E-state index >= 15 is 0 Å². The third kappa shape index (κ3) is 2.71. The summed E-state index contributed by atoms with van der Waals surface area (Å²) >= 11 is 0. The average Bonchev–Trinajstić information content (AvgIpc) is 3.10. The lowest BCUT2D eigenvalue weighted by Gasteiger charge is -2.32. The van der Waals surface area contributed by atoms with Gasteiger partial charge < -0.3 is 9.47 Å². The molecule has 7 nitrogen and oxygen atoms in total. The maximum Gasteiger partial charge on any atom is 0.254 e. The van der Waals surface area contributed by atoms with Crippen LogP contribution in [0.2, 0.25) is 0 Å². The number of amides is 1. The zero-order valence-corrected chi connectivity index (χ0v) is 14.7. The molecule has 0 saturated heterocycles. The summed E-state index contributed by atoms with van der Waals surface area (Å²) in [6, 6.07) is 12.6. The second kappa shape index (κ2) is 6.25. The zero-order valence-electron chi connectivity index (χ0n) is 14.7. The van der Waals surface area contributed by atoms with Crippen LogP contribution in [0.3, 0.4) is 0 Å². The third-order valence-corrected chi connectivity index (χ3v) is 4.74. The Morgan fingerprint density at radius 2 is 1.92 bits per heavy atom. The molecule has 0 N–H and O–H groups in total. The van der Waals surface area contributed by atoms with Crippen LogP contribution in [-0.2, 0) is 13.6 Å². The summed E-state index contributed by atoms with van der Waals surface area (Å²) in [6.45, 7) is 3.04. The lowest BCUT2D eigenvalue weighted by atomic mass is 10.1. The predicted molar refractivity (Wildman–Crippen MR) is 96.6 cm³/mol. The summed E-state index contributed by atoms with van der Waals surface area (Å²) in [5.41, 5.74) is 1.15. The minimum atomic E-state index is -0.217. The van der Waals surface area contributed by atoms with Gasteiger partial charge in [0.15, 0.2) is 5.82 Å². The fourth-order valence-corrected chi connectivity index (χ4v) is 3.20. The number of rotatable bonds is 2. The Balaban J connectivity index is 1.64. The quantitative estimate of drug-likeness (QED) is 0.708. The highest BCUT2D eigenvalue weighted by Crippen LogP contribution is 2.27. The molecule has 4 rings (SSSR count). The van der Waals surface area contributed by atoms with Gasteiger partial charge in [-0.3, -0.25) is 9.59 Å². The number of pyridine rings is 1. The Labute approximate surface area is 150 Å². The van der Waals surface area contributed by atoms with E-state index in [0.717, 1.165) is 11.4 Å². The number of fused-ring (bicyclic) bond motifs is 1. The Kier molecular flexibility index (Phi) is 3.91. The molecule has 2 aromatic heterocycles. The van der Waals surface area contributed by atoms with Crippen molar-refractivity contribution in [3.63, 3.8) is 0 Å². The van der Waals surface area contributed by atoms with Gasteiger partial charge in [-0.15, -0.1) is 0 Å². The highest BCUT2D eigenvalue weighted by Gasteiger charge is 2.31. The van der Waals surface area contributed by atoms with Crippen LogP contribution >= 0.6 is 0 Å². The van der Waals surface area contributed by atoms with E-state index < -0.39 is 0 Å². The van der Waals surface area contributed by atoms with E-state index in [1.54, 1.807) is 24.2 Å². The number of aromatic nitrogens is 4. The highest BCUT2D eigenvalue weighted by atomic mass is 16.2. The van der Waals surface area contributed by atoms with Crippen LogP contribution in [0, 0.1) is 0 Å². The van der Waals surface area contributed by atoms with Gasteiger partial charge in [-0.2, -0.15) is 5.10 Å². The number of benzene rings is 1. The normalized spacial score (nSPS) is 16.4. The van der Waals surface area contributed by atoms with Gasteiger partial charge in [0.05, 0.1) is 12.6 Å². The summed E-state index contributed by atoms with van der Waals surface area (Å²) < 4.78 is 3.31. The first-order valence-electron chi connectivity index (χ1n) is 8.52. The van der Waals surface area contributed by atoms with Crippen molar-refractivity contribution in [3.8, 4) is 11.4 Å². The van der Waals surface area contributed by atoms with E-state index in [9.17, 15) is 9.59 Å². The lowest BCUT2D eigenvalue weighted by molar-refractivity contribution is 0.0630. The number of carbonyl (C=O) groups is 1. The summed E-state index contributed by atoms with van der Waals surface area (Å²) in [4.78, 5) is 31.1.